The van der Waals surface area contributed by atoms with E-state index >= 15 is 0 Å². The molecule has 1 amide bonds. The lowest BCUT2D eigenvalue weighted by molar-refractivity contribution is -0.128. The van der Waals surface area contributed by atoms with Crippen LogP contribution >= 0.6 is 0 Å². The van der Waals surface area contributed by atoms with Gasteiger partial charge < -0.3 is 25.6 Å². The highest BCUT2D eigenvalue weighted by Gasteiger charge is 2.33. The summed E-state index contributed by atoms with van der Waals surface area (Å²) < 4.78 is 31.8. The maximum atomic E-state index is 13.7. The topological polar surface area (TPSA) is 144 Å². The molecule has 1 aromatic carbocycles. The van der Waals surface area contributed by atoms with Crippen LogP contribution in [-0.2, 0) is 25.0 Å². The van der Waals surface area contributed by atoms with Crippen LogP contribution in [0.15, 0.2) is 52.8 Å². The number of nitriles is 1. The van der Waals surface area contributed by atoms with Gasteiger partial charge in [-0.05, 0) is 89.9 Å². The number of amides is 1. The van der Waals surface area contributed by atoms with Gasteiger partial charge in [-0.1, -0.05) is 30.8 Å². The van der Waals surface area contributed by atoms with Crippen molar-refractivity contribution in [2.45, 2.75) is 95.4 Å². The number of benzene rings is 1. The Morgan fingerprint density at radius 3 is 2.36 bits per heavy atom. The number of sulfonamides is 1. The normalized spacial score (nSPS) is 23.0. The zero-order valence-corrected chi connectivity index (χ0v) is 29.6. The molecule has 0 saturated carbocycles. The predicted molar refractivity (Wildman–Crippen MR) is 186 cm³/mol. The van der Waals surface area contributed by atoms with Gasteiger partial charge in [0.05, 0.1) is 36.3 Å². The molecule has 1 aromatic rings. The van der Waals surface area contributed by atoms with E-state index in [2.05, 4.69) is 40.0 Å². The van der Waals surface area contributed by atoms with Crippen molar-refractivity contribution in [3.63, 3.8) is 0 Å². The molecule has 3 aliphatic rings. The first kappa shape index (κ1) is 36.6. The SMILES string of the molecule is C=C(NC[C@@H]1CCC[C@H](c2ccc(C(C)(C)C#N)cc2)O1)/C(C)=C(\N=C/N)C(=O)N1CCC(N2CCC(N(C)S(C)(=O)=O)CC2)CC1. The van der Waals surface area contributed by atoms with Crippen LogP contribution in [0.2, 0.25) is 0 Å². The summed E-state index contributed by atoms with van der Waals surface area (Å²) in [5, 5.41) is 12.8. The molecule has 0 aromatic heterocycles. The number of piperidine rings is 2. The summed E-state index contributed by atoms with van der Waals surface area (Å²) in [5.41, 5.74) is 8.81. The van der Waals surface area contributed by atoms with Gasteiger partial charge in [-0.3, -0.25) is 4.79 Å². The number of likely N-dealkylation sites (tertiary alicyclic amines) is 2. The number of carbonyl (C=O) groups excluding carboxylic acids is 1. The number of ether oxygens (including phenoxy) is 1. The smallest absolute Gasteiger partial charge is 0.272 e. The van der Waals surface area contributed by atoms with Crippen LogP contribution in [0.3, 0.4) is 0 Å². The predicted octanol–water partition coefficient (Wildman–Crippen LogP) is 3.81. The lowest BCUT2D eigenvalue weighted by Crippen LogP contribution is -2.52. The molecule has 258 valence electrons. The third-order valence-corrected chi connectivity index (χ3v) is 11.5. The van der Waals surface area contributed by atoms with E-state index in [9.17, 15) is 18.5 Å². The number of nitrogens with two attached hydrogens (primary N) is 1. The second-order valence-electron chi connectivity index (χ2n) is 13.7. The molecule has 3 heterocycles. The number of hydrogen-bond donors (Lipinski definition) is 2. The van der Waals surface area contributed by atoms with Crippen molar-refractivity contribution >= 4 is 22.3 Å². The Balaban J connectivity index is 1.29. The summed E-state index contributed by atoms with van der Waals surface area (Å²) in [6.07, 6.45) is 8.64. The zero-order valence-electron chi connectivity index (χ0n) is 28.7. The Labute approximate surface area is 281 Å². The summed E-state index contributed by atoms with van der Waals surface area (Å²) in [4.78, 5) is 22.2. The lowest BCUT2D eigenvalue weighted by atomic mass is 9.85. The summed E-state index contributed by atoms with van der Waals surface area (Å²) in [6, 6.07) is 10.9. The number of nitrogens with zero attached hydrogens (tertiary/aromatic N) is 5. The molecule has 47 heavy (non-hydrogen) atoms. The van der Waals surface area contributed by atoms with E-state index in [-0.39, 0.29) is 29.9 Å². The van der Waals surface area contributed by atoms with Crippen LogP contribution in [0.4, 0.5) is 0 Å². The molecule has 2 atom stereocenters. The largest absolute Gasteiger partial charge is 0.390 e. The van der Waals surface area contributed by atoms with Gasteiger partial charge in [-0.25, -0.2) is 17.7 Å². The fourth-order valence-electron chi connectivity index (χ4n) is 6.84. The molecule has 4 rings (SSSR count). The van der Waals surface area contributed by atoms with Gasteiger partial charge in [0.25, 0.3) is 5.91 Å². The first-order valence-electron chi connectivity index (χ1n) is 16.8. The number of allylic oxidation sites excluding steroid dienone is 1. The third kappa shape index (κ3) is 9.22. The van der Waals surface area contributed by atoms with Crippen LogP contribution in [0, 0.1) is 11.3 Å². The van der Waals surface area contributed by atoms with Crippen molar-refractivity contribution in [2.75, 3.05) is 46.0 Å². The highest BCUT2D eigenvalue weighted by Crippen LogP contribution is 2.33. The quantitative estimate of drug-likeness (QED) is 0.157. The van der Waals surface area contributed by atoms with E-state index < -0.39 is 15.4 Å². The third-order valence-electron chi connectivity index (χ3n) is 10.2. The Bertz CT molecular complexity index is 1470. The number of nitrogens with one attached hydrogen (secondary N) is 1. The first-order valence-corrected chi connectivity index (χ1v) is 18.6. The van der Waals surface area contributed by atoms with Crippen LogP contribution in [0.5, 0.6) is 0 Å². The van der Waals surface area contributed by atoms with E-state index in [0.717, 1.165) is 75.5 Å². The molecule has 12 heteroatoms. The Morgan fingerprint density at radius 1 is 1.15 bits per heavy atom. The van der Waals surface area contributed by atoms with Crippen LogP contribution < -0.4 is 11.1 Å². The average molecular weight is 668 g/mol. The zero-order chi connectivity index (χ0) is 34.4. The Morgan fingerprint density at radius 2 is 1.79 bits per heavy atom. The second-order valence-corrected chi connectivity index (χ2v) is 15.8. The average Bonchev–Trinajstić information content (AvgIpc) is 3.08. The van der Waals surface area contributed by atoms with E-state index in [1.807, 2.05) is 37.8 Å². The van der Waals surface area contributed by atoms with Gasteiger partial charge >= 0.3 is 0 Å². The maximum absolute atomic E-state index is 13.7. The monoisotopic (exact) mass is 667 g/mol. The minimum atomic E-state index is -3.19. The molecule has 0 radical (unpaired) electrons. The van der Waals surface area contributed by atoms with Gasteiger partial charge in [0.15, 0.2) is 0 Å². The van der Waals surface area contributed by atoms with E-state index in [0.29, 0.717) is 36.9 Å². The van der Waals surface area contributed by atoms with Crippen molar-refractivity contribution in [3.8, 4) is 6.07 Å². The maximum Gasteiger partial charge on any atom is 0.272 e. The summed E-state index contributed by atoms with van der Waals surface area (Å²) in [5.74, 6) is -0.156. The standard InChI is InChI=1S/C35H53N7O4S/c1-25(26(2)38-22-31-8-7-9-32(46-31)27-10-12-28(13-11-27)35(3,4)23-36)33(39-24-37)34(43)42-20-16-30(17-21-42)41-18-14-29(15-19-41)40(5)47(6,44)45/h10-13,24,29-32,38H,2,7-9,14-22H2,1,3-6H3,(H2,37,39)/b33-25-/t31-,32+/m0/s1. The molecular formula is C35H53N7O4S. The van der Waals surface area contributed by atoms with Crippen LogP contribution in [0.25, 0.3) is 0 Å². The highest BCUT2D eigenvalue weighted by molar-refractivity contribution is 7.88. The fraction of sp³-hybridized carbons (Fsp3) is 0.629. The molecule has 0 spiro atoms. The molecule has 3 fully saturated rings. The molecule has 0 unspecified atom stereocenters. The minimum Gasteiger partial charge on any atom is -0.390 e. The van der Waals surface area contributed by atoms with Crippen LogP contribution in [-0.4, -0.2) is 99.0 Å². The summed E-state index contributed by atoms with van der Waals surface area (Å²) >= 11 is 0. The molecule has 3 N–H and O–H groups in total. The van der Waals surface area contributed by atoms with Gasteiger partial charge in [0.1, 0.15) is 5.70 Å². The van der Waals surface area contributed by atoms with E-state index in [1.54, 1.807) is 7.05 Å². The molecule has 11 nitrogen and oxygen atoms in total. The Kier molecular flexibility index (Phi) is 12.3. The van der Waals surface area contributed by atoms with E-state index in [4.69, 9.17) is 10.5 Å². The molecule has 3 saturated heterocycles. The number of carbonyl (C=O) groups is 1. The summed E-state index contributed by atoms with van der Waals surface area (Å²) in [6.45, 7) is 13.4. The number of hydrogen-bond acceptors (Lipinski definition) is 8. The van der Waals surface area contributed by atoms with Crippen molar-refractivity contribution in [1.82, 2.24) is 19.4 Å². The fourth-order valence-corrected chi connectivity index (χ4v) is 7.59. The molecule has 0 bridgehead atoms. The Hall–Kier alpha value is -3.24. The van der Waals surface area contributed by atoms with Crippen molar-refractivity contribution in [3.05, 3.63) is 58.9 Å². The van der Waals surface area contributed by atoms with Gasteiger partial charge in [0, 0.05) is 50.0 Å². The highest BCUT2D eigenvalue weighted by atomic mass is 32.2. The lowest BCUT2D eigenvalue weighted by Gasteiger charge is -2.43. The second kappa shape index (κ2) is 15.8. The summed E-state index contributed by atoms with van der Waals surface area (Å²) in [7, 11) is -1.53. The van der Waals surface area contributed by atoms with Crippen molar-refractivity contribution in [2.24, 2.45) is 10.7 Å². The van der Waals surface area contributed by atoms with Gasteiger partial charge in [0.2, 0.25) is 10.0 Å². The van der Waals surface area contributed by atoms with Crippen molar-refractivity contribution < 1.29 is 17.9 Å². The minimum absolute atomic E-state index is 0.0122. The number of aliphatic imine (C=N–C) groups is 1. The van der Waals surface area contributed by atoms with Gasteiger partial charge in [-0.2, -0.15) is 5.26 Å². The van der Waals surface area contributed by atoms with Crippen molar-refractivity contribution in [1.29, 1.82) is 5.26 Å². The first-order chi connectivity index (χ1) is 22.2. The molecule has 3 aliphatic heterocycles. The molecular weight excluding hydrogens is 614 g/mol. The van der Waals surface area contributed by atoms with E-state index in [1.165, 1.54) is 10.6 Å². The molecule has 0 aliphatic carbocycles. The van der Waals surface area contributed by atoms with Crippen LogP contribution in [0.1, 0.15) is 82.9 Å². The number of rotatable bonds is 11. The van der Waals surface area contributed by atoms with Gasteiger partial charge in [-0.15, -0.1) is 0 Å².